The second-order valence-corrected chi connectivity index (χ2v) is 14.0. The summed E-state index contributed by atoms with van der Waals surface area (Å²) >= 11 is 11.7. The number of thiocarbonyl (C=S) groups is 1. The molecule has 2 heterocycles. The third kappa shape index (κ3) is 6.58. The number of pyridine rings is 1. The molecule has 0 radical (unpaired) electrons. The molecule has 37 heavy (non-hydrogen) atoms. The average molecular weight is 569 g/mol. The number of hydrogen-bond donors (Lipinski definition) is 3. The molecule has 0 spiro atoms. The van der Waals surface area contributed by atoms with Crippen LogP contribution in [0.4, 0.5) is 14.5 Å². The zero-order chi connectivity index (χ0) is 26.6. The Labute approximate surface area is 226 Å². The molecule has 0 aliphatic heterocycles. The van der Waals surface area contributed by atoms with Gasteiger partial charge in [0.1, 0.15) is 18.1 Å². The second-order valence-electron chi connectivity index (χ2n) is 9.86. The fraction of sp³-hybridized carbons (Fsp3) is 0.440. The Kier molecular flexibility index (Phi) is 9.01. The largest absolute Gasteiger partial charge is 0.450 e. The monoisotopic (exact) mass is 568 g/mol. The van der Waals surface area contributed by atoms with Gasteiger partial charge in [-0.2, -0.15) is 0 Å². The third-order valence-corrected chi connectivity index (χ3v) is 8.51. The summed E-state index contributed by atoms with van der Waals surface area (Å²) in [6.07, 6.45) is 6.04. The van der Waals surface area contributed by atoms with Crippen molar-refractivity contribution in [3.05, 3.63) is 47.2 Å². The Balaban J connectivity index is 1.46. The number of nitrogens with zero attached hydrogens (tertiary/aromatic N) is 2. The third-order valence-electron chi connectivity index (χ3n) is 6.58. The van der Waals surface area contributed by atoms with Crippen LogP contribution in [0, 0.1) is 17.0 Å². The molecular weight excluding hydrogens is 538 g/mol. The van der Waals surface area contributed by atoms with Gasteiger partial charge in [0.05, 0.1) is 17.0 Å². The van der Waals surface area contributed by atoms with Crippen molar-refractivity contribution >= 4 is 54.4 Å². The predicted molar refractivity (Wildman–Crippen MR) is 148 cm³/mol. The van der Waals surface area contributed by atoms with E-state index >= 15 is 0 Å². The number of aromatic nitrogens is 2. The van der Waals surface area contributed by atoms with Crippen LogP contribution in [0.15, 0.2) is 30.6 Å². The predicted octanol–water partition coefficient (Wildman–Crippen LogP) is 5.67. The van der Waals surface area contributed by atoms with Crippen LogP contribution >= 0.6 is 23.8 Å². The molecule has 0 unspecified atom stereocenters. The molecule has 7 nitrogen and oxygen atoms in total. The number of rotatable bonds is 11. The first-order valence-corrected chi connectivity index (χ1v) is 16.2. The highest BCUT2D eigenvalue weighted by molar-refractivity contribution is 7.80. The number of fused-ring (bicyclic) bond motifs is 1. The molecule has 1 aliphatic carbocycles. The van der Waals surface area contributed by atoms with E-state index in [2.05, 4.69) is 28.7 Å². The van der Waals surface area contributed by atoms with E-state index in [0.29, 0.717) is 29.2 Å². The first kappa shape index (κ1) is 27.7. The minimum absolute atomic E-state index is 0.0696. The van der Waals surface area contributed by atoms with Gasteiger partial charge < -0.3 is 29.8 Å². The van der Waals surface area contributed by atoms with Gasteiger partial charge in [0.15, 0.2) is 22.5 Å². The molecule has 1 aromatic carbocycles. The fourth-order valence-electron chi connectivity index (χ4n) is 4.15. The molecule has 2 aromatic heterocycles. The molecule has 1 saturated carbocycles. The van der Waals surface area contributed by atoms with E-state index in [1.165, 1.54) is 12.3 Å². The van der Waals surface area contributed by atoms with Gasteiger partial charge in [-0.25, -0.2) is 13.8 Å². The summed E-state index contributed by atoms with van der Waals surface area (Å²) in [4.78, 5) is 4.35. The quantitative estimate of drug-likeness (QED) is 0.156. The molecule has 0 atom stereocenters. The molecule has 4 rings (SSSR count). The van der Waals surface area contributed by atoms with Crippen LogP contribution in [0.1, 0.15) is 19.3 Å². The molecule has 0 bridgehead atoms. The van der Waals surface area contributed by atoms with Crippen LogP contribution in [0.2, 0.25) is 24.2 Å². The summed E-state index contributed by atoms with van der Waals surface area (Å²) in [7, 11) is -0.713. The maximum atomic E-state index is 14.9. The minimum Gasteiger partial charge on any atom is -0.450 e. The van der Waals surface area contributed by atoms with Gasteiger partial charge in [0, 0.05) is 57.6 Å². The number of nitrogens with one attached hydrogen (secondary N) is 2. The first-order chi connectivity index (χ1) is 17.7. The van der Waals surface area contributed by atoms with Gasteiger partial charge in [0.25, 0.3) is 0 Å². The number of anilines is 1. The highest BCUT2D eigenvalue weighted by Crippen LogP contribution is 2.40. The van der Waals surface area contributed by atoms with Crippen molar-refractivity contribution in [3.63, 3.8) is 0 Å². The maximum Gasteiger partial charge on any atom is 0.198 e. The normalized spacial score (nSPS) is 14.6. The fourth-order valence-corrected chi connectivity index (χ4v) is 5.28. The lowest BCUT2D eigenvalue weighted by Gasteiger charge is -2.40. The summed E-state index contributed by atoms with van der Waals surface area (Å²) in [5.41, 5.74) is 0.446. The van der Waals surface area contributed by atoms with Crippen LogP contribution < -0.4 is 15.4 Å². The number of halogens is 3. The van der Waals surface area contributed by atoms with E-state index in [-0.39, 0.29) is 35.3 Å². The maximum absolute atomic E-state index is 14.9. The van der Waals surface area contributed by atoms with Gasteiger partial charge >= 0.3 is 0 Å². The van der Waals surface area contributed by atoms with Crippen molar-refractivity contribution in [2.75, 3.05) is 25.1 Å². The highest BCUT2D eigenvalue weighted by Gasteiger charge is 2.36. The average Bonchev–Trinajstić information content (AvgIpc) is 3.15. The summed E-state index contributed by atoms with van der Waals surface area (Å²) in [6.45, 7) is 5.98. The van der Waals surface area contributed by atoms with Crippen molar-refractivity contribution in [3.8, 4) is 11.5 Å². The molecule has 3 aromatic rings. The molecular formula is C25H31ClF2N4O3SSi. The van der Waals surface area contributed by atoms with Gasteiger partial charge in [0.2, 0.25) is 0 Å². The van der Waals surface area contributed by atoms with Crippen LogP contribution in [-0.4, -0.2) is 48.3 Å². The van der Waals surface area contributed by atoms with E-state index < -0.39 is 26.2 Å². The Morgan fingerprint density at radius 3 is 2.65 bits per heavy atom. The number of benzene rings is 1. The van der Waals surface area contributed by atoms with E-state index in [4.69, 9.17) is 33.3 Å². The summed E-state index contributed by atoms with van der Waals surface area (Å²) in [5, 5.41) is 16.4. The number of aliphatic hydroxyl groups excluding tert-OH is 1. The number of hydrogen-bond acceptors (Lipinski definition) is 5. The van der Waals surface area contributed by atoms with Crippen LogP contribution in [0.5, 0.6) is 11.5 Å². The van der Waals surface area contributed by atoms with Gasteiger partial charge in [-0.3, -0.25) is 0 Å². The molecule has 3 N–H and O–H groups in total. The molecule has 1 fully saturated rings. The van der Waals surface area contributed by atoms with Gasteiger partial charge in [-0.1, -0.05) is 31.1 Å². The zero-order valence-electron chi connectivity index (χ0n) is 20.8. The number of aliphatic hydroxyl groups is 1. The van der Waals surface area contributed by atoms with Crippen LogP contribution in [0.25, 0.3) is 11.0 Å². The zero-order valence-corrected chi connectivity index (χ0v) is 23.5. The minimum atomic E-state index is -0.905. The molecule has 200 valence electrons. The highest BCUT2D eigenvalue weighted by atomic mass is 35.5. The molecule has 0 amide bonds. The second kappa shape index (κ2) is 12.0. The summed E-state index contributed by atoms with van der Waals surface area (Å²) in [6, 6.07) is 4.77. The van der Waals surface area contributed by atoms with Crippen molar-refractivity contribution in [2.45, 2.75) is 45.1 Å². The van der Waals surface area contributed by atoms with E-state index in [9.17, 15) is 13.9 Å². The molecule has 0 saturated heterocycles. The summed E-state index contributed by atoms with van der Waals surface area (Å²) < 4.78 is 43.0. The standard InChI is InChI=1S/C25H31ClF2N4O3SSi/c1-37(2)9-8-34-15-32-12-17(26)21-20(4-7-29-23(21)32)35-22-18(27)10-16(11-19(22)28)31-24(36)30-13-25(14-33)5-3-6-25/h4,7,10-12,33,37H,3,5-6,8-9,13-15H2,1-2H3,(H2,30,31,36). The van der Waals surface area contributed by atoms with Crippen molar-refractivity contribution in [1.82, 2.24) is 14.9 Å². The SMILES string of the molecule is C[SiH](C)CCOCn1cc(Cl)c2c(Oc3c(F)cc(NC(=S)NCC4(CO)CCC4)cc3F)ccnc21. The topological polar surface area (TPSA) is 80.6 Å². The Bertz CT molecular complexity index is 1240. The van der Waals surface area contributed by atoms with E-state index in [0.717, 1.165) is 37.4 Å². The van der Waals surface area contributed by atoms with Crippen molar-refractivity contribution in [1.29, 1.82) is 0 Å². The van der Waals surface area contributed by atoms with Gasteiger partial charge in [-0.15, -0.1) is 0 Å². The first-order valence-electron chi connectivity index (χ1n) is 12.2. The summed E-state index contributed by atoms with van der Waals surface area (Å²) in [5.74, 6) is -2.20. The molecule has 12 heteroatoms. The number of ether oxygens (including phenoxy) is 2. The van der Waals surface area contributed by atoms with E-state index in [1.807, 2.05) is 0 Å². The lowest BCUT2D eigenvalue weighted by Crippen LogP contribution is -2.45. The Morgan fingerprint density at radius 1 is 1.30 bits per heavy atom. The smallest absolute Gasteiger partial charge is 0.198 e. The lowest BCUT2D eigenvalue weighted by atomic mass is 9.69. The van der Waals surface area contributed by atoms with Crippen molar-refractivity contribution in [2.24, 2.45) is 5.41 Å². The molecule has 1 aliphatic rings. The lowest BCUT2D eigenvalue weighted by molar-refractivity contribution is 0.0493. The van der Waals surface area contributed by atoms with E-state index in [1.54, 1.807) is 10.8 Å². The van der Waals surface area contributed by atoms with Crippen LogP contribution in [-0.2, 0) is 11.5 Å². The Hall–Kier alpha value is -2.31. The Morgan fingerprint density at radius 2 is 2.03 bits per heavy atom. The van der Waals surface area contributed by atoms with Crippen LogP contribution in [0.3, 0.4) is 0 Å². The van der Waals surface area contributed by atoms with Gasteiger partial charge in [-0.05, 0) is 37.2 Å². The van der Waals surface area contributed by atoms with Crippen molar-refractivity contribution < 1.29 is 23.4 Å².